The van der Waals surface area contributed by atoms with E-state index in [1.807, 2.05) is 0 Å². The zero-order valence-corrected chi connectivity index (χ0v) is 62.3. The molecule has 38 nitrogen and oxygen atoms in total. The van der Waals surface area contributed by atoms with E-state index in [-0.39, 0.29) is 37.2 Å². The lowest BCUT2D eigenvalue weighted by atomic mass is 9.99. The molecule has 0 saturated heterocycles. The van der Waals surface area contributed by atoms with Crippen molar-refractivity contribution in [3.63, 3.8) is 0 Å². The number of aliphatic carboxylic acids is 1. The Balaban J connectivity index is 1.47. The van der Waals surface area contributed by atoms with Crippen LogP contribution in [-0.2, 0) is 101 Å². The number of aliphatic hydroxyl groups is 1. The Morgan fingerprint density at radius 1 is 0.418 bits per heavy atom. The molecule has 110 heavy (non-hydrogen) atoms. The number of thiol groups is 2. The number of nitrogens with one attached hydrogen (secondary N) is 14. The number of amides is 16. The number of phenols is 1. The summed E-state index contributed by atoms with van der Waals surface area (Å²) in [7, 11) is 0. The van der Waals surface area contributed by atoms with Crippen LogP contribution in [0.5, 0.6) is 5.75 Å². The summed E-state index contributed by atoms with van der Waals surface area (Å²) in [6.07, 6.45) is -4.07. The molecule has 0 aliphatic heterocycles. The van der Waals surface area contributed by atoms with Crippen LogP contribution in [0.2, 0.25) is 0 Å². The van der Waals surface area contributed by atoms with Gasteiger partial charge >= 0.3 is 5.97 Å². The van der Waals surface area contributed by atoms with E-state index in [1.165, 1.54) is 30.5 Å². The summed E-state index contributed by atoms with van der Waals surface area (Å²) in [5.74, 6) is -19.3. The van der Waals surface area contributed by atoms with Gasteiger partial charge in [0, 0.05) is 91.2 Å². The Morgan fingerprint density at radius 2 is 0.791 bits per heavy atom. The van der Waals surface area contributed by atoms with E-state index < -0.39 is 236 Å². The summed E-state index contributed by atoms with van der Waals surface area (Å²) in [5, 5.41) is 61.3. The summed E-state index contributed by atoms with van der Waals surface area (Å²) in [4.78, 5) is 235. The molecule has 25 N–H and O–H groups in total. The van der Waals surface area contributed by atoms with E-state index in [0.717, 1.165) is 13.8 Å². The minimum Gasteiger partial charge on any atom is -0.508 e. The van der Waals surface area contributed by atoms with Gasteiger partial charge in [-0.15, -0.1) is 0 Å². The third-order valence-electron chi connectivity index (χ3n) is 16.9. The quantitative estimate of drug-likeness (QED) is 0.0162. The van der Waals surface area contributed by atoms with Crippen LogP contribution in [0.1, 0.15) is 95.8 Å². The highest BCUT2D eigenvalue weighted by atomic mass is 32.1. The van der Waals surface area contributed by atoms with Gasteiger partial charge in [-0.1, -0.05) is 62.4 Å². The van der Waals surface area contributed by atoms with E-state index in [2.05, 4.69) is 99.0 Å². The maximum atomic E-state index is 15.1. The van der Waals surface area contributed by atoms with Gasteiger partial charge in [0.1, 0.15) is 72.2 Å². The van der Waals surface area contributed by atoms with Crippen molar-refractivity contribution in [2.75, 3.05) is 18.1 Å². The molecule has 0 aliphatic rings. The van der Waals surface area contributed by atoms with Crippen LogP contribution in [0.25, 0.3) is 21.8 Å². The van der Waals surface area contributed by atoms with Crippen molar-refractivity contribution in [3.05, 3.63) is 102 Å². The summed E-state index contributed by atoms with van der Waals surface area (Å²) in [5.41, 5.74) is 23.8. The Hall–Kier alpha value is -11.8. The second-order valence-corrected chi connectivity index (χ2v) is 27.1. The molecular formula is C70H94N18O20S2. The lowest BCUT2D eigenvalue weighted by Crippen LogP contribution is -2.62. The number of fused-ring (bicyclic) bond motifs is 2. The van der Waals surface area contributed by atoms with Crippen LogP contribution in [0.3, 0.4) is 0 Å². The Labute approximate surface area is 640 Å². The number of nitrogens with two attached hydrogens (primary N) is 4. The topological polar surface area (TPSA) is 631 Å². The van der Waals surface area contributed by atoms with Crippen molar-refractivity contribution in [1.82, 2.24) is 73.8 Å². The monoisotopic (exact) mass is 1570 g/mol. The number of benzene rings is 3. The van der Waals surface area contributed by atoms with Crippen LogP contribution < -0.4 is 86.7 Å². The van der Waals surface area contributed by atoms with E-state index in [0.29, 0.717) is 38.5 Å². The Morgan fingerprint density at radius 3 is 1.21 bits per heavy atom. The van der Waals surface area contributed by atoms with E-state index in [1.54, 1.807) is 68.6 Å². The van der Waals surface area contributed by atoms with Crippen LogP contribution in [-0.4, -0.2) is 216 Å². The number of aromatic amines is 2. The van der Waals surface area contributed by atoms with Crippen LogP contribution in [0, 0.1) is 5.92 Å². The highest BCUT2D eigenvalue weighted by Crippen LogP contribution is 2.23. The first-order valence-corrected chi connectivity index (χ1v) is 35.9. The number of H-pyrrole nitrogens is 2. The number of carbonyl (C=O) groups excluding carboxylic acids is 16. The van der Waals surface area contributed by atoms with Gasteiger partial charge in [0.2, 0.25) is 94.5 Å². The average molecular weight is 1570 g/mol. The predicted octanol–water partition coefficient (Wildman–Crippen LogP) is -5.11. The maximum absolute atomic E-state index is 15.1. The summed E-state index contributed by atoms with van der Waals surface area (Å²) >= 11 is 8.43. The van der Waals surface area contributed by atoms with E-state index in [4.69, 9.17) is 22.9 Å². The van der Waals surface area contributed by atoms with Crippen LogP contribution >= 0.6 is 25.3 Å². The fraction of sp³-hybridized carbons (Fsp3) is 0.443. The van der Waals surface area contributed by atoms with Gasteiger partial charge in [-0.05, 0) is 79.5 Å². The van der Waals surface area contributed by atoms with Gasteiger partial charge in [-0.3, -0.25) is 81.5 Å². The van der Waals surface area contributed by atoms with Crippen molar-refractivity contribution < 1.29 is 96.8 Å². The van der Waals surface area contributed by atoms with Crippen molar-refractivity contribution in [3.8, 4) is 5.75 Å². The second kappa shape index (κ2) is 43.3. The predicted molar refractivity (Wildman–Crippen MR) is 401 cm³/mol. The number of phenolic OH excluding ortho intramolecular Hbond substituents is 1. The molecule has 3 aromatic carbocycles. The molecule has 5 rings (SSSR count). The number of rotatable bonds is 46. The minimum absolute atomic E-state index is 0.161. The molecule has 0 saturated carbocycles. The standard InChI is InChI=1S/C70H94N18O20S2/c1-33(2)23-47(64(102)80-46(19-22-58(96)97)61(99)85-51(27-56(73)94)60(98)77-30-57(74)95)82-67(105)49(25-37-28-75-42-11-7-5-9-40(37)42)84-65(103)48(24-36-13-15-39(91)16-14-36)83-69(107)53(32-110)87-62(100)44(17-20-54(71)92)79-66(104)50(26-38-29-76-43-12-8-6-10-41(38)43)86-70(108)59(34(3)89)88-63(101)45(18-21-55(72)93)81-68(106)52(31-109)78-35(4)90/h5-16,28-29,33-34,44-53,59,75-76,89,91,109-110H,17-27,30-32H2,1-4H3,(H2,71,92)(H2,72,93)(H2,73,94)(H2,74,95)(H,77,98)(H,78,90)(H,79,104)(H,80,102)(H,81,106)(H,82,105)(H,83,107)(H,84,103)(H,85,99)(H,86,108)(H,87,100)(H,88,101)(H,96,97)/t34-,44+,45+,46+,47-,48+,49+,50+,51+,52+,53+,59+/m1/s1. The highest BCUT2D eigenvalue weighted by molar-refractivity contribution is 7.80. The molecule has 12 atom stereocenters. The minimum atomic E-state index is -1.92. The molecule has 5 aromatic rings. The number of carboxylic acid groups (broad SMARTS) is 1. The number of hydrogen-bond acceptors (Lipinski definition) is 21. The second-order valence-electron chi connectivity index (χ2n) is 26.3. The maximum Gasteiger partial charge on any atom is 0.303 e. The number of aromatic hydroxyl groups is 1. The SMILES string of the molecule is CC(=O)N[C@@H](CS)C(=O)N[C@@H](CCC(N)=O)C(=O)N[C@H](C(=O)N[C@@H](Cc1c[nH]c2ccccc12)C(=O)N[C@@H](CCC(N)=O)C(=O)N[C@@H](CS)C(=O)N[C@@H](Cc1ccc(O)cc1)C(=O)N[C@@H](Cc1c[nH]c2ccccc12)C(=O)N[C@H](CC(C)C)C(=O)N[C@@H](CCC(=O)O)C(=O)N[C@@H](CC(N)=O)C(=O)NCC(N)=O)[C@@H](C)O. The number of aliphatic hydroxyl groups excluding tert-OH is 1. The van der Waals surface area contributed by atoms with Crippen molar-refractivity contribution in [2.24, 2.45) is 28.9 Å². The molecule has 2 aromatic heterocycles. The zero-order chi connectivity index (χ0) is 81.6. The van der Waals surface area contributed by atoms with Gasteiger partial charge in [-0.25, -0.2) is 0 Å². The first-order chi connectivity index (χ1) is 52.0. The lowest BCUT2D eigenvalue weighted by Gasteiger charge is -2.29. The third kappa shape index (κ3) is 28.7. The molecule has 0 spiro atoms. The first-order valence-electron chi connectivity index (χ1n) is 34.7. The summed E-state index contributed by atoms with van der Waals surface area (Å²) in [6, 6.07) is 0.634. The fourth-order valence-electron chi connectivity index (χ4n) is 11.3. The van der Waals surface area contributed by atoms with E-state index in [9.17, 15) is 87.2 Å². The lowest BCUT2D eigenvalue weighted by molar-refractivity contribution is -0.139. The van der Waals surface area contributed by atoms with Gasteiger partial charge in [0.25, 0.3) is 0 Å². The first kappa shape index (κ1) is 88.8. The van der Waals surface area contributed by atoms with Gasteiger partial charge in [-0.2, -0.15) is 25.3 Å². The molecule has 0 aliphatic carbocycles. The molecule has 40 heteroatoms. The average Bonchev–Trinajstić information content (AvgIpc) is 1.65. The number of aromatic nitrogens is 2. The zero-order valence-electron chi connectivity index (χ0n) is 60.5. The smallest absolute Gasteiger partial charge is 0.303 e. The summed E-state index contributed by atoms with van der Waals surface area (Å²) in [6.45, 7) is 4.87. The molecule has 2 heterocycles. The molecule has 0 bridgehead atoms. The molecule has 16 amide bonds. The van der Waals surface area contributed by atoms with E-state index >= 15 is 9.59 Å². The van der Waals surface area contributed by atoms with Crippen LogP contribution in [0.15, 0.2) is 85.2 Å². The van der Waals surface area contributed by atoms with Gasteiger partial charge in [0.15, 0.2) is 0 Å². The number of primary amides is 4. The van der Waals surface area contributed by atoms with Crippen molar-refractivity contribution in [1.29, 1.82) is 0 Å². The highest BCUT2D eigenvalue weighted by Gasteiger charge is 2.39. The molecule has 0 radical (unpaired) electrons. The number of hydrogen-bond donors (Lipinski definition) is 23. The third-order valence-corrected chi connectivity index (χ3v) is 17.7. The van der Waals surface area contributed by atoms with Crippen molar-refractivity contribution in [2.45, 2.75) is 171 Å². The number of para-hydroxylation sites is 2. The normalized spacial score (nSPS) is 14.4. The molecule has 0 fully saturated rings. The van der Waals surface area contributed by atoms with Crippen molar-refractivity contribution >= 4 is 148 Å². The fourth-order valence-corrected chi connectivity index (χ4v) is 11.8. The Kier molecular flexibility index (Phi) is 34.9. The number of carbonyl (C=O) groups is 17. The molecule has 596 valence electrons. The summed E-state index contributed by atoms with van der Waals surface area (Å²) < 4.78 is 0. The van der Waals surface area contributed by atoms with Gasteiger partial charge < -0.3 is 112 Å². The largest absolute Gasteiger partial charge is 0.508 e. The van der Waals surface area contributed by atoms with Gasteiger partial charge in [0.05, 0.1) is 19.1 Å². The Bertz CT molecular complexity index is 4170. The van der Waals surface area contributed by atoms with Crippen LogP contribution in [0.4, 0.5) is 0 Å². The molecular weight excluding hydrogens is 1480 g/mol. The number of carboxylic acids is 1. The molecule has 0 unspecified atom stereocenters.